The molecule has 148 valence electrons. The molecule has 2 aromatic carbocycles. The van der Waals surface area contributed by atoms with E-state index in [1.165, 1.54) is 0 Å². The Morgan fingerprint density at radius 2 is 1.39 bits per heavy atom. The molecule has 0 amide bonds. The van der Waals surface area contributed by atoms with E-state index >= 15 is 0 Å². The Balaban J connectivity index is 1.88. The first-order valence-electron chi connectivity index (χ1n) is 8.90. The summed E-state index contributed by atoms with van der Waals surface area (Å²) in [6.07, 6.45) is -0.429. The zero-order valence-corrected chi connectivity index (χ0v) is 15.4. The van der Waals surface area contributed by atoms with Crippen LogP contribution in [-0.4, -0.2) is 35.6 Å². The second-order valence-corrected chi connectivity index (χ2v) is 6.09. The van der Waals surface area contributed by atoms with Gasteiger partial charge in [0.25, 0.3) is 0 Å². The Morgan fingerprint density at radius 1 is 0.857 bits per heavy atom. The highest BCUT2D eigenvalue weighted by molar-refractivity contribution is 5.82. The quantitative estimate of drug-likeness (QED) is 0.572. The van der Waals surface area contributed by atoms with Gasteiger partial charge in [0.05, 0.1) is 12.8 Å². The molecule has 0 heterocycles. The van der Waals surface area contributed by atoms with Gasteiger partial charge in [0.1, 0.15) is 19.3 Å². The van der Waals surface area contributed by atoms with Gasteiger partial charge in [-0.25, -0.2) is 0 Å². The van der Waals surface area contributed by atoms with E-state index in [9.17, 15) is 14.4 Å². The van der Waals surface area contributed by atoms with Crippen molar-refractivity contribution < 1.29 is 29.0 Å². The van der Waals surface area contributed by atoms with Gasteiger partial charge in [0, 0.05) is 6.54 Å². The summed E-state index contributed by atoms with van der Waals surface area (Å²) in [7, 11) is 0. The largest absolute Gasteiger partial charge is 0.481 e. The summed E-state index contributed by atoms with van der Waals surface area (Å²) in [5.41, 5.74) is 1.64. The van der Waals surface area contributed by atoms with E-state index in [0.29, 0.717) is 0 Å². The Kier molecular flexibility index (Phi) is 8.68. The number of benzene rings is 2. The SMILES string of the molecule is O=C(O)CCN[C@@H](CC(=O)OCc1ccccc1)C(=O)OCc1ccccc1. The van der Waals surface area contributed by atoms with Crippen LogP contribution in [0.2, 0.25) is 0 Å². The highest BCUT2D eigenvalue weighted by atomic mass is 16.5. The lowest BCUT2D eigenvalue weighted by Gasteiger charge is -2.17. The van der Waals surface area contributed by atoms with Crippen LogP contribution in [0.25, 0.3) is 0 Å². The molecular formula is C21H23NO6. The molecule has 0 radical (unpaired) electrons. The molecule has 0 bridgehead atoms. The van der Waals surface area contributed by atoms with Crippen LogP contribution in [0.1, 0.15) is 24.0 Å². The molecule has 0 spiro atoms. The van der Waals surface area contributed by atoms with Crippen molar-refractivity contribution in [2.45, 2.75) is 32.1 Å². The molecule has 2 rings (SSSR count). The third kappa shape index (κ3) is 8.01. The Morgan fingerprint density at radius 3 is 1.93 bits per heavy atom. The first-order valence-corrected chi connectivity index (χ1v) is 8.90. The molecule has 0 saturated carbocycles. The molecule has 0 aliphatic heterocycles. The third-order valence-corrected chi connectivity index (χ3v) is 3.85. The molecule has 2 N–H and O–H groups in total. The monoisotopic (exact) mass is 385 g/mol. The topological polar surface area (TPSA) is 102 Å². The molecule has 7 nitrogen and oxygen atoms in total. The molecule has 0 fully saturated rings. The molecule has 0 saturated heterocycles. The maximum absolute atomic E-state index is 12.4. The summed E-state index contributed by atoms with van der Waals surface area (Å²) in [4.78, 5) is 35.2. The number of hydrogen-bond donors (Lipinski definition) is 2. The van der Waals surface area contributed by atoms with E-state index in [4.69, 9.17) is 14.6 Å². The van der Waals surface area contributed by atoms with E-state index in [2.05, 4.69) is 5.32 Å². The summed E-state index contributed by atoms with van der Waals surface area (Å²) >= 11 is 0. The summed E-state index contributed by atoms with van der Waals surface area (Å²) < 4.78 is 10.5. The normalized spacial score (nSPS) is 11.4. The predicted molar refractivity (Wildman–Crippen MR) is 101 cm³/mol. The number of carboxylic acids is 1. The first-order chi connectivity index (χ1) is 13.5. The molecule has 0 aliphatic rings. The van der Waals surface area contributed by atoms with Gasteiger partial charge >= 0.3 is 17.9 Å². The van der Waals surface area contributed by atoms with E-state index < -0.39 is 23.9 Å². The van der Waals surface area contributed by atoms with Gasteiger partial charge in [-0.15, -0.1) is 0 Å². The van der Waals surface area contributed by atoms with Crippen LogP contribution in [-0.2, 0) is 37.1 Å². The third-order valence-electron chi connectivity index (χ3n) is 3.85. The lowest BCUT2D eigenvalue weighted by molar-refractivity contribution is -0.154. The highest BCUT2D eigenvalue weighted by Crippen LogP contribution is 2.07. The Hall–Kier alpha value is -3.19. The second kappa shape index (κ2) is 11.5. The van der Waals surface area contributed by atoms with Gasteiger partial charge in [0.15, 0.2) is 0 Å². The minimum Gasteiger partial charge on any atom is -0.481 e. The van der Waals surface area contributed by atoms with Crippen molar-refractivity contribution in [3.63, 3.8) is 0 Å². The van der Waals surface area contributed by atoms with E-state index in [-0.39, 0.29) is 32.6 Å². The smallest absolute Gasteiger partial charge is 0.324 e. The number of aliphatic carboxylic acids is 1. The summed E-state index contributed by atoms with van der Waals surface area (Å²) in [6, 6.07) is 17.3. The van der Waals surface area contributed by atoms with Gasteiger partial charge in [-0.3, -0.25) is 14.4 Å². The fraction of sp³-hybridized carbons (Fsp3) is 0.286. The average Bonchev–Trinajstić information content (AvgIpc) is 2.71. The van der Waals surface area contributed by atoms with Crippen molar-refractivity contribution >= 4 is 17.9 Å². The molecule has 1 atom stereocenters. The minimum absolute atomic E-state index is 0.0341. The average molecular weight is 385 g/mol. The van der Waals surface area contributed by atoms with E-state index in [1.54, 1.807) is 0 Å². The van der Waals surface area contributed by atoms with Crippen molar-refractivity contribution in [3.05, 3.63) is 71.8 Å². The number of rotatable bonds is 11. The van der Waals surface area contributed by atoms with Crippen molar-refractivity contribution in [2.24, 2.45) is 0 Å². The fourth-order valence-electron chi connectivity index (χ4n) is 2.39. The summed E-state index contributed by atoms with van der Waals surface area (Å²) in [6.45, 7) is 0.197. The zero-order valence-electron chi connectivity index (χ0n) is 15.4. The molecule has 28 heavy (non-hydrogen) atoms. The van der Waals surface area contributed by atoms with Crippen molar-refractivity contribution in [2.75, 3.05) is 6.54 Å². The van der Waals surface area contributed by atoms with Crippen LogP contribution in [0.15, 0.2) is 60.7 Å². The molecule has 0 aliphatic carbocycles. The first kappa shape index (κ1) is 21.1. The maximum atomic E-state index is 12.4. The summed E-state index contributed by atoms with van der Waals surface area (Å²) in [5, 5.41) is 11.5. The van der Waals surface area contributed by atoms with Crippen LogP contribution in [0.5, 0.6) is 0 Å². The zero-order chi connectivity index (χ0) is 20.2. The summed E-state index contributed by atoms with van der Waals surface area (Å²) in [5.74, 6) is -2.21. The van der Waals surface area contributed by atoms with Crippen LogP contribution in [0.4, 0.5) is 0 Å². The molecular weight excluding hydrogens is 362 g/mol. The second-order valence-electron chi connectivity index (χ2n) is 6.09. The van der Waals surface area contributed by atoms with Gasteiger partial charge < -0.3 is 19.9 Å². The lowest BCUT2D eigenvalue weighted by atomic mass is 10.2. The van der Waals surface area contributed by atoms with Crippen LogP contribution in [0.3, 0.4) is 0 Å². The van der Waals surface area contributed by atoms with Crippen LogP contribution < -0.4 is 5.32 Å². The van der Waals surface area contributed by atoms with Crippen molar-refractivity contribution in [1.82, 2.24) is 5.32 Å². The highest BCUT2D eigenvalue weighted by Gasteiger charge is 2.24. The fourth-order valence-corrected chi connectivity index (χ4v) is 2.39. The Labute approximate surface area is 163 Å². The van der Waals surface area contributed by atoms with Gasteiger partial charge in [0.2, 0.25) is 0 Å². The number of ether oxygens (including phenoxy) is 2. The number of carbonyl (C=O) groups excluding carboxylic acids is 2. The number of hydrogen-bond acceptors (Lipinski definition) is 6. The van der Waals surface area contributed by atoms with Crippen molar-refractivity contribution in [1.29, 1.82) is 0 Å². The van der Waals surface area contributed by atoms with Gasteiger partial charge in [-0.05, 0) is 11.1 Å². The number of carbonyl (C=O) groups is 3. The van der Waals surface area contributed by atoms with E-state index in [1.807, 2.05) is 60.7 Å². The van der Waals surface area contributed by atoms with E-state index in [0.717, 1.165) is 11.1 Å². The van der Waals surface area contributed by atoms with Crippen LogP contribution >= 0.6 is 0 Å². The molecule has 7 heteroatoms. The number of esters is 2. The predicted octanol–water partition coefficient (Wildman–Crippen LogP) is 2.30. The Bertz CT molecular complexity index is 763. The lowest BCUT2D eigenvalue weighted by Crippen LogP contribution is -2.41. The maximum Gasteiger partial charge on any atom is 0.324 e. The molecule has 0 unspecified atom stereocenters. The van der Waals surface area contributed by atoms with Crippen LogP contribution in [0, 0.1) is 0 Å². The molecule has 0 aromatic heterocycles. The number of nitrogens with one attached hydrogen (secondary N) is 1. The van der Waals surface area contributed by atoms with Gasteiger partial charge in [-0.1, -0.05) is 60.7 Å². The number of carboxylic acid groups (broad SMARTS) is 1. The minimum atomic E-state index is -1.00. The molecule has 2 aromatic rings. The standard InChI is InChI=1S/C21H23NO6/c23-19(24)11-12-22-18(21(26)28-15-17-9-5-2-6-10-17)13-20(25)27-14-16-7-3-1-4-8-16/h1-10,18,22H,11-15H2,(H,23,24)/t18-/m0/s1. The van der Waals surface area contributed by atoms with Crippen molar-refractivity contribution in [3.8, 4) is 0 Å². The van der Waals surface area contributed by atoms with Gasteiger partial charge in [-0.2, -0.15) is 0 Å².